The van der Waals surface area contributed by atoms with Gasteiger partial charge in [-0.2, -0.15) is 0 Å². The van der Waals surface area contributed by atoms with Gasteiger partial charge in [-0.1, -0.05) is 91.0 Å². The Morgan fingerprint density at radius 1 is 0.448 bits per heavy atom. The average molecular weight is 443 g/mol. The van der Waals surface area contributed by atoms with Gasteiger partial charge in [0.25, 0.3) is 0 Å². The van der Waals surface area contributed by atoms with Crippen molar-refractivity contribution in [1.82, 2.24) is 0 Å². The van der Waals surface area contributed by atoms with Gasteiger partial charge in [0, 0.05) is 0 Å². The van der Waals surface area contributed by atoms with Gasteiger partial charge < -0.3 is 29.7 Å². The molecule has 0 fully saturated rings. The summed E-state index contributed by atoms with van der Waals surface area (Å²) in [6.45, 7) is 0. The number of carbonyl (C=O) groups is 3. The molecule has 0 aliphatic carbocycles. The quantitative estimate of drug-likeness (QED) is 0.394. The second-order valence-electron chi connectivity index (χ2n) is 4.96. The van der Waals surface area contributed by atoms with Crippen LogP contribution in [0.2, 0.25) is 0 Å². The Morgan fingerprint density at radius 3 is 0.724 bits per heavy atom. The van der Waals surface area contributed by atoms with Crippen molar-refractivity contribution in [1.29, 1.82) is 0 Å². The third-order valence-corrected chi connectivity index (χ3v) is 3.03. The Labute approximate surface area is 241 Å². The van der Waals surface area contributed by atoms with Crippen molar-refractivity contribution in [3.05, 3.63) is 108 Å². The third kappa shape index (κ3) is 13.7. The molecule has 0 bridgehead atoms. The predicted molar refractivity (Wildman–Crippen MR) is 98.1 cm³/mol. The van der Waals surface area contributed by atoms with Crippen LogP contribution in [0.4, 0.5) is 0 Å². The molecular formula is C21H15CaKO6. The first-order valence-electron chi connectivity index (χ1n) is 7.71. The molecule has 6 nitrogen and oxygen atoms in total. The summed E-state index contributed by atoms with van der Waals surface area (Å²) >= 11 is 0. The molecule has 29 heavy (non-hydrogen) atoms. The van der Waals surface area contributed by atoms with Crippen LogP contribution in [-0.2, 0) is 0 Å². The van der Waals surface area contributed by atoms with Crippen LogP contribution in [0, 0.1) is 0 Å². The maximum absolute atomic E-state index is 10.1. The second-order valence-corrected chi connectivity index (χ2v) is 4.96. The van der Waals surface area contributed by atoms with Gasteiger partial charge >= 0.3 is 89.1 Å². The summed E-state index contributed by atoms with van der Waals surface area (Å²) in [4.78, 5) is 30.3. The predicted octanol–water partition coefficient (Wildman–Crippen LogP) is -3.23. The smallest absolute Gasteiger partial charge is 0.545 e. The SMILES string of the molecule is O=C([O-])c1ccccc1.O=C([O-])c1ccccc1.O=C([O-])c1ccccc1.[Ca+2].[K+]. The molecule has 0 amide bonds. The Morgan fingerprint density at radius 2 is 0.621 bits per heavy atom. The van der Waals surface area contributed by atoms with E-state index >= 15 is 0 Å². The minimum Gasteiger partial charge on any atom is -0.545 e. The molecule has 0 saturated carbocycles. The first-order valence-corrected chi connectivity index (χ1v) is 7.71. The van der Waals surface area contributed by atoms with Gasteiger partial charge in [0.15, 0.2) is 0 Å². The molecular weight excluding hydrogens is 427 g/mol. The molecule has 3 rings (SSSR count). The summed E-state index contributed by atoms with van der Waals surface area (Å²) < 4.78 is 0. The maximum Gasteiger partial charge on any atom is 2.00 e. The molecule has 0 spiro atoms. The van der Waals surface area contributed by atoms with Crippen LogP contribution in [0.1, 0.15) is 31.1 Å². The van der Waals surface area contributed by atoms with Crippen LogP contribution in [0.3, 0.4) is 0 Å². The van der Waals surface area contributed by atoms with Crippen molar-refractivity contribution in [2.45, 2.75) is 0 Å². The molecule has 138 valence electrons. The van der Waals surface area contributed by atoms with Crippen LogP contribution in [0.25, 0.3) is 0 Å². The Kier molecular flexibility index (Phi) is 18.5. The van der Waals surface area contributed by atoms with Crippen LogP contribution in [0.15, 0.2) is 91.0 Å². The van der Waals surface area contributed by atoms with Crippen molar-refractivity contribution in [3.63, 3.8) is 0 Å². The van der Waals surface area contributed by atoms with E-state index < -0.39 is 17.9 Å². The molecule has 8 heteroatoms. The zero-order valence-corrected chi connectivity index (χ0v) is 21.1. The second kappa shape index (κ2) is 17.8. The third-order valence-electron chi connectivity index (χ3n) is 3.03. The molecule has 3 aromatic rings. The van der Waals surface area contributed by atoms with Gasteiger partial charge in [0.2, 0.25) is 0 Å². The van der Waals surface area contributed by atoms with Crippen LogP contribution >= 0.6 is 0 Å². The standard InChI is InChI=1S/3C7H6O2.Ca.K/c3*8-7(9)6-4-2-1-3-5-6;;/h3*1-5H,(H,8,9);;/q;;;+2;+1/p-3. The first-order chi connectivity index (χ1) is 12.9. The van der Waals surface area contributed by atoms with E-state index in [4.69, 9.17) is 0 Å². The maximum atomic E-state index is 10.1. The average Bonchev–Trinajstić information content (AvgIpc) is 2.71. The van der Waals surface area contributed by atoms with Gasteiger partial charge in [0.1, 0.15) is 0 Å². The largest absolute Gasteiger partial charge is 2.00 e. The molecule has 0 aliphatic heterocycles. The molecule has 0 aliphatic rings. The van der Waals surface area contributed by atoms with Crippen LogP contribution in [0.5, 0.6) is 0 Å². The topological polar surface area (TPSA) is 120 Å². The molecule has 0 atom stereocenters. The minimum atomic E-state index is -1.13. The zero-order chi connectivity index (χ0) is 20.1. The van der Waals surface area contributed by atoms with E-state index in [9.17, 15) is 29.7 Å². The van der Waals surface area contributed by atoms with Crippen molar-refractivity contribution < 1.29 is 81.1 Å². The monoisotopic (exact) mass is 442 g/mol. The number of aromatic carboxylic acids is 3. The number of benzene rings is 3. The van der Waals surface area contributed by atoms with Gasteiger partial charge in [-0.25, -0.2) is 0 Å². The normalized spacial score (nSPS) is 8.28. The Bertz CT molecular complexity index is 740. The van der Waals surface area contributed by atoms with Gasteiger partial charge in [-0.15, -0.1) is 0 Å². The summed E-state index contributed by atoms with van der Waals surface area (Å²) in [5, 5.41) is 30.3. The summed E-state index contributed by atoms with van der Waals surface area (Å²) in [5.74, 6) is -3.39. The van der Waals surface area contributed by atoms with Crippen molar-refractivity contribution in [3.8, 4) is 0 Å². The van der Waals surface area contributed by atoms with Crippen LogP contribution in [-0.4, -0.2) is 55.6 Å². The van der Waals surface area contributed by atoms with Gasteiger partial charge in [-0.3, -0.25) is 0 Å². The van der Waals surface area contributed by atoms with E-state index in [1.54, 1.807) is 54.6 Å². The van der Waals surface area contributed by atoms with E-state index in [2.05, 4.69) is 0 Å². The van der Waals surface area contributed by atoms with Crippen molar-refractivity contribution >= 4 is 55.6 Å². The van der Waals surface area contributed by atoms with Gasteiger partial charge in [-0.05, 0) is 16.7 Å². The van der Waals surface area contributed by atoms with E-state index in [1.165, 1.54) is 36.4 Å². The molecule has 0 radical (unpaired) electrons. The summed E-state index contributed by atoms with van der Waals surface area (Å²) in [6, 6.07) is 24.2. The fourth-order valence-electron chi connectivity index (χ4n) is 1.72. The molecule has 3 aromatic carbocycles. The fourth-order valence-corrected chi connectivity index (χ4v) is 1.72. The van der Waals surface area contributed by atoms with Crippen molar-refractivity contribution in [2.75, 3.05) is 0 Å². The summed E-state index contributed by atoms with van der Waals surface area (Å²) in [5.41, 5.74) is 0.660. The molecule has 0 unspecified atom stereocenters. The van der Waals surface area contributed by atoms with E-state index in [-0.39, 0.29) is 106 Å². The zero-order valence-electron chi connectivity index (χ0n) is 15.8. The fraction of sp³-hybridized carbons (Fsp3) is 0. The van der Waals surface area contributed by atoms with E-state index in [0.29, 0.717) is 0 Å². The minimum absolute atomic E-state index is 0. The summed E-state index contributed by atoms with van der Waals surface area (Å²) in [6.07, 6.45) is 0. The molecule has 0 aromatic heterocycles. The van der Waals surface area contributed by atoms with E-state index in [1.807, 2.05) is 0 Å². The van der Waals surface area contributed by atoms with Crippen LogP contribution < -0.4 is 66.7 Å². The number of rotatable bonds is 3. The summed E-state index contributed by atoms with van der Waals surface area (Å²) in [7, 11) is 0. The number of carbonyl (C=O) groups excluding carboxylic acids is 3. The number of carboxylic acids is 3. The Hall–Kier alpha value is -1.03. The number of hydrogen-bond donors (Lipinski definition) is 0. The van der Waals surface area contributed by atoms with Gasteiger partial charge in [0.05, 0.1) is 17.9 Å². The Balaban J connectivity index is 0. The van der Waals surface area contributed by atoms with Crippen molar-refractivity contribution in [2.24, 2.45) is 0 Å². The number of carboxylic acid groups (broad SMARTS) is 3. The first kappa shape index (κ1) is 30.2. The molecule has 0 N–H and O–H groups in total. The van der Waals surface area contributed by atoms with E-state index in [0.717, 1.165) is 0 Å². The molecule has 0 saturated heterocycles. The number of hydrogen-bond acceptors (Lipinski definition) is 6. The molecule has 0 heterocycles.